The van der Waals surface area contributed by atoms with Crippen molar-refractivity contribution >= 4 is 11.6 Å². The molecule has 0 aliphatic rings. The number of hydrogen-bond donors (Lipinski definition) is 3. The minimum absolute atomic E-state index is 0.0431. The Morgan fingerprint density at radius 3 is 2.58 bits per heavy atom. The van der Waals surface area contributed by atoms with Crippen LogP contribution in [0.4, 0.5) is 23.2 Å². The van der Waals surface area contributed by atoms with Crippen LogP contribution in [0.2, 0.25) is 0 Å². The molecule has 0 spiro atoms. The second-order valence-corrected chi connectivity index (χ2v) is 3.69. The third-order valence-electron chi connectivity index (χ3n) is 2.16. The van der Waals surface area contributed by atoms with Crippen molar-refractivity contribution in [3.63, 3.8) is 0 Å². The van der Waals surface area contributed by atoms with Crippen LogP contribution in [-0.2, 0) is 6.18 Å². The lowest BCUT2D eigenvalue weighted by Gasteiger charge is -2.12. The van der Waals surface area contributed by atoms with Crippen LogP contribution in [0.3, 0.4) is 0 Å². The maximum Gasteiger partial charge on any atom is 0.419 e. The second-order valence-electron chi connectivity index (χ2n) is 3.69. The number of alkyl halides is 3. The second kappa shape index (κ2) is 6.37. The number of halogens is 4. The average Bonchev–Trinajstić information content (AvgIpc) is 2.35. The normalized spacial score (nSPS) is 12.4. The molecule has 1 aromatic rings. The first-order valence-electron chi connectivity index (χ1n) is 5.53. The number of nitrogens with two attached hydrogens (primary N) is 1. The molecule has 4 N–H and O–H groups in total. The van der Waals surface area contributed by atoms with Gasteiger partial charge in [-0.2, -0.15) is 13.2 Å². The summed E-state index contributed by atoms with van der Waals surface area (Å²) >= 11 is 0. The quantitative estimate of drug-likeness (QED) is 0.262. The van der Waals surface area contributed by atoms with E-state index in [1.54, 1.807) is 0 Å². The van der Waals surface area contributed by atoms with E-state index in [1.165, 1.54) is 6.07 Å². The lowest BCUT2D eigenvalue weighted by atomic mass is 10.2. The molecule has 19 heavy (non-hydrogen) atoms. The zero-order valence-electron chi connectivity index (χ0n) is 10.2. The molecule has 8 heteroatoms. The monoisotopic (exact) mass is 278 g/mol. The molecule has 0 amide bonds. The largest absolute Gasteiger partial charge is 0.419 e. The summed E-state index contributed by atoms with van der Waals surface area (Å²) in [5.41, 5.74) is 0.922. The molecule has 1 rings (SSSR count). The molecule has 0 unspecified atom stereocenters. The molecule has 0 heterocycles. The summed E-state index contributed by atoms with van der Waals surface area (Å²) in [5, 5.41) is 2.55. The smallest absolute Gasteiger partial charge is 0.325 e. The Morgan fingerprint density at radius 1 is 1.37 bits per heavy atom. The summed E-state index contributed by atoms with van der Waals surface area (Å²) in [5.74, 6) is 3.96. The van der Waals surface area contributed by atoms with E-state index >= 15 is 0 Å². The number of hydrogen-bond acceptors (Lipinski definition) is 2. The van der Waals surface area contributed by atoms with Gasteiger partial charge in [0, 0.05) is 12.2 Å². The third kappa shape index (κ3) is 4.40. The summed E-state index contributed by atoms with van der Waals surface area (Å²) in [6, 6.07) is 2.57. The van der Waals surface area contributed by atoms with Gasteiger partial charge in [-0.3, -0.25) is 10.4 Å². The summed E-state index contributed by atoms with van der Waals surface area (Å²) < 4.78 is 50.6. The first-order chi connectivity index (χ1) is 8.88. The molecule has 0 fully saturated rings. The van der Waals surface area contributed by atoms with E-state index in [0.717, 1.165) is 12.5 Å². The molecule has 0 bridgehead atoms. The Balaban J connectivity index is 2.97. The zero-order valence-corrected chi connectivity index (χ0v) is 10.2. The molecular formula is C11H14F4N4. The van der Waals surface area contributed by atoms with Crippen LogP contribution >= 0.6 is 0 Å². The maximum atomic E-state index is 13.1. The van der Waals surface area contributed by atoms with Crippen molar-refractivity contribution in [3.8, 4) is 0 Å². The molecule has 0 atom stereocenters. The number of aliphatic imine (C=N–C) groups is 1. The van der Waals surface area contributed by atoms with Gasteiger partial charge in [0.15, 0.2) is 0 Å². The van der Waals surface area contributed by atoms with Crippen LogP contribution in [0.1, 0.15) is 18.9 Å². The van der Waals surface area contributed by atoms with Gasteiger partial charge in [0.25, 0.3) is 0 Å². The molecule has 0 aromatic heterocycles. The number of nitrogens with one attached hydrogen (secondary N) is 2. The Bertz CT molecular complexity index is 456. The van der Waals surface area contributed by atoms with Crippen molar-refractivity contribution in [1.82, 2.24) is 5.43 Å². The van der Waals surface area contributed by atoms with Gasteiger partial charge in [-0.15, -0.1) is 0 Å². The van der Waals surface area contributed by atoms with Crippen LogP contribution in [0.5, 0.6) is 0 Å². The van der Waals surface area contributed by atoms with E-state index in [0.29, 0.717) is 12.6 Å². The highest BCUT2D eigenvalue weighted by Crippen LogP contribution is 2.32. The van der Waals surface area contributed by atoms with Crippen molar-refractivity contribution < 1.29 is 17.6 Å². The minimum atomic E-state index is -4.75. The maximum absolute atomic E-state index is 13.1. The Morgan fingerprint density at radius 2 is 2.05 bits per heavy atom. The van der Waals surface area contributed by atoms with Crippen LogP contribution in [-0.4, -0.2) is 12.5 Å². The fourth-order valence-corrected chi connectivity index (χ4v) is 1.30. The average molecular weight is 278 g/mol. The van der Waals surface area contributed by atoms with Crippen LogP contribution in [0.15, 0.2) is 23.2 Å². The fraction of sp³-hybridized carbons (Fsp3) is 0.364. The summed E-state index contributed by atoms with van der Waals surface area (Å²) in [7, 11) is 0. The van der Waals surface area contributed by atoms with Crippen molar-refractivity contribution in [2.45, 2.75) is 19.5 Å². The fourth-order valence-electron chi connectivity index (χ4n) is 1.30. The number of hydrazine groups is 1. The van der Waals surface area contributed by atoms with Gasteiger partial charge in [0.2, 0.25) is 5.96 Å². The molecule has 0 saturated heterocycles. The lowest BCUT2D eigenvalue weighted by molar-refractivity contribution is -0.139. The SMILES string of the molecule is CCCN=C(NN)Nc1ccc(F)c(C(F)(F)F)c1. The van der Waals surface area contributed by atoms with E-state index in [9.17, 15) is 17.6 Å². The molecule has 0 aliphatic heterocycles. The topological polar surface area (TPSA) is 62.4 Å². The predicted octanol–water partition coefficient (Wildman–Crippen LogP) is 2.49. The van der Waals surface area contributed by atoms with Crippen molar-refractivity contribution in [2.75, 3.05) is 11.9 Å². The zero-order chi connectivity index (χ0) is 14.5. The van der Waals surface area contributed by atoms with Crippen molar-refractivity contribution in [1.29, 1.82) is 0 Å². The number of guanidine groups is 1. The van der Waals surface area contributed by atoms with Gasteiger partial charge >= 0.3 is 6.18 Å². The van der Waals surface area contributed by atoms with E-state index in [2.05, 4.69) is 15.7 Å². The molecule has 0 aliphatic carbocycles. The molecule has 0 radical (unpaired) electrons. The number of anilines is 1. The summed E-state index contributed by atoms with van der Waals surface area (Å²) in [6.45, 7) is 2.34. The molecule has 1 aromatic carbocycles. The minimum Gasteiger partial charge on any atom is -0.325 e. The van der Waals surface area contributed by atoms with Gasteiger partial charge in [0.05, 0.1) is 5.56 Å². The highest BCUT2D eigenvalue weighted by molar-refractivity contribution is 5.93. The highest BCUT2D eigenvalue weighted by atomic mass is 19.4. The summed E-state index contributed by atoms with van der Waals surface area (Å²) in [6.07, 6.45) is -4.00. The van der Waals surface area contributed by atoms with Crippen molar-refractivity contribution in [3.05, 3.63) is 29.6 Å². The van der Waals surface area contributed by atoms with E-state index in [1.807, 2.05) is 6.92 Å². The molecule has 0 saturated carbocycles. The van der Waals surface area contributed by atoms with Gasteiger partial charge < -0.3 is 5.32 Å². The predicted molar refractivity (Wildman–Crippen MR) is 64.9 cm³/mol. The Labute approximate surface area is 107 Å². The van der Waals surface area contributed by atoms with Gasteiger partial charge in [-0.05, 0) is 24.6 Å². The standard InChI is InChI=1S/C11H14F4N4/c1-2-5-17-10(19-16)18-7-3-4-9(12)8(6-7)11(13,14)15/h3-4,6H,2,5,16H2,1H3,(H2,17,18,19). The highest BCUT2D eigenvalue weighted by Gasteiger charge is 2.34. The van der Waals surface area contributed by atoms with Crippen molar-refractivity contribution in [2.24, 2.45) is 10.8 Å². The van der Waals surface area contributed by atoms with Gasteiger partial charge in [-0.25, -0.2) is 10.2 Å². The van der Waals surface area contributed by atoms with E-state index in [-0.39, 0.29) is 11.6 Å². The summed E-state index contributed by atoms with van der Waals surface area (Å²) in [4.78, 5) is 3.96. The third-order valence-corrected chi connectivity index (χ3v) is 2.16. The van der Waals surface area contributed by atoms with E-state index < -0.39 is 17.6 Å². The van der Waals surface area contributed by atoms with E-state index in [4.69, 9.17) is 5.84 Å². The molecule has 4 nitrogen and oxygen atoms in total. The number of nitrogens with zero attached hydrogens (tertiary/aromatic N) is 1. The Kier molecular flexibility index (Phi) is 5.11. The van der Waals surface area contributed by atoms with Crippen LogP contribution in [0.25, 0.3) is 0 Å². The molecular weight excluding hydrogens is 264 g/mol. The van der Waals surface area contributed by atoms with Crippen LogP contribution in [0, 0.1) is 5.82 Å². The lowest BCUT2D eigenvalue weighted by Crippen LogP contribution is -2.36. The molecule has 106 valence electrons. The van der Waals surface area contributed by atoms with Crippen LogP contribution < -0.4 is 16.6 Å². The van der Waals surface area contributed by atoms with Gasteiger partial charge in [0.1, 0.15) is 5.82 Å². The Hall–Kier alpha value is -1.83. The first kappa shape index (κ1) is 15.2. The first-order valence-corrected chi connectivity index (χ1v) is 5.53. The number of rotatable bonds is 3. The number of benzene rings is 1. The van der Waals surface area contributed by atoms with Gasteiger partial charge in [-0.1, -0.05) is 6.92 Å².